The Hall–Kier alpha value is -3.69. The van der Waals surface area contributed by atoms with Crippen molar-refractivity contribution in [2.24, 2.45) is 5.92 Å². The first-order valence-electron chi connectivity index (χ1n) is 13.3. The normalized spacial score (nSPS) is 24.8. The SMILES string of the molecule is Cc1noc(-c2ccccc2)c1CSC[C@H]1O[C@@H](n2cc(C3=CCC(C#N)CC3)c3c(N)ncnc32)[C@H](O)[C@@H]1O. The molecule has 1 aliphatic carbocycles. The fraction of sp³-hybridized carbons (Fsp3) is 0.379. The van der Waals surface area contributed by atoms with Gasteiger partial charge in [-0.25, -0.2) is 9.97 Å². The summed E-state index contributed by atoms with van der Waals surface area (Å²) in [5.74, 6) is 2.14. The third kappa shape index (κ3) is 4.77. The highest BCUT2D eigenvalue weighted by atomic mass is 32.2. The molecule has 0 amide bonds. The fourth-order valence-corrected chi connectivity index (χ4v) is 6.66. The zero-order valence-electron chi connectivity index (χ0n) is 22.0. The van der Waals surface area contributed by atoms with E-state index in [4.69, 9.17) is 15.0 Å². The van der Waals surface area contributed by atoms with Crippen molar-refractivity contribution in [2.75, 3.05) is 11.5 Å². The number of hydrogen-bond donors (Lipinski definition) is 3. The predicted octanol–water partition coefficient (Wildman–Crippen LogP) is 4.24. The van der Waals surface area contributed by atoms with E-state index in [0.29, 0.717) is 34.8 Å². The number of aryl methyl sites for hydroxylation is 1. The number of nitrogen functional groups attached to an aromatic ring is 1. The number of thioether (sulfide) groups is 1. The van der Waals surface area contributed by atoms with Gasteiger partial charge < -0.3 is 29.8 Å². The molecule has 1 saturated heterocycles. The average Bonchev–Trinajstić information content (AvgIpc) is 3.64. The number of allylic oxidation sites excluding steroid dienone is 2. The topological polar surface area (TPSA) is 156 Å². The number of aliphatic hydroxyl groups is 2. The molecule has 206 valence electrons. The molecule has 11 heteroatoms. The lowest BCUT2D eigenvalue weighted by Gasteiger charge is -2.18. The third-order valence-electron chi connectivity index (χ3n) is 7.74. The summed E-state index contributed by atoms with van der Waals surface area (Å²) in [6.07, 6.45) is 3.80. The lowest BCUT2D eigenvalue weighted by Crippen LogP contribution is -2.32. The standard InChI is InChI=1S/C29H30N6O4S/c1-16-21(26(39-34-16)19-5-3-2-4-6-19)13-40-14-22-24(36)25(37)29(38-22)35-12-20(18-9-7-17(11-30)8-10-18)23-27(31)32-15-33-28(23)35/h2-6,9,12,15,17,22,24-25,29,36-37H,7-8,10,13-14H2,1H3,(H2,31,32,33)/t17?,22-,24-,25-,29-/m1/s1. The smallest absolute Gasteiger partial charge is 0.171 e. The van der Waals surface area contributed by atoms with E-state index in [9.17, 15) is 15.5 Å². The van der Waals surface area contributed by atoms with E-state index in [-0.39, 0.29) is 5.92 Å². The van der Waals surface area contributed by atoms with Crippen molar-refractivity contribution in [3.05, 3.63) is 65.8 Å². The largest absolute Gasteiger partial charge is 0.387 e. The number of ether oxygens (including phenoxy) is 1. The lowest BCUT2D eigenvalue weighted by atomic mass is 9.87. The maximum absolute atomic E-state index is 11.1. The quantitative estimate of drug-likeness (QED) is 0.300. The van der Waals surface area contributed by atoms with Crippen molar-refractivity contribution in [3.8, 4) is 17.4 Å². The zero-order chi connectivity index (χ0) is 27.8. The van der Waals surface area contributed by atoms with Gasteiger partial charge in [0, 0.05) is 34.4 Å². The van der Waals surface area contributed by atoms with Gasteiger partial charge in [-0.05, 0) is 31.8 Å². The summed E-state index contributed by atoms with van der Waals surface area (Å²) in [5.41, 5.74) is 11.5. The number of nitriles is 1. The zero-order valence-corrected chi connectivity index (χ0v) is 22.8. The second-order valence-corrected chi connectivity index (χ2v) is 11.3. The van der Waals surface area contributed by atoms with Gasteiger partial charge in [-0.2, -0.15) is 17.0 Å². The summed E-state index contributed by atoms with van der Waals surface area (Å²) < 4.78 is 13.6. The van der Waals surface area contributed by atoms with Gasteiger partial charge in [-0.15, -0.1) is 0 Å². The van der Waals surface area contributed by atoms with Crippen LogP contribution in [0.5, 0.6) is 0 Å². The Morgan fingerprint density at radius 2 is 2.02 bits per heavy atom. The summed E-state index contributed by atoms with van der Waals surface area (Å²) in [6, 6.07) is 12.2. The Balaban J connectivity index is 1.21. The van der Waals surface area contributed by atoms with E-state index < -0.39 is 24.5 Å². The van der Waals surface area contributed by atoms with Crippen LogP contribution in [0, 0.1) is 24.2 Å². The molecule has 3 aromatic heterocycles. The Kier molecular flexibility index (Phi) is 7.33. The van der Waals surface area contributed by atoms with Crippen molar-refractivity contribution >= 4 is 34.2 Å². The summed E-state index contributed by atoms with van der Waals surface area (Å²) in [5, 5.41) is 36.1. The average molecular weight is 559 g/mol. The Morgan fingerprint density at radius 3 is 2.77 bits per heavy atom. The second-order valence-electron chi connectivity index (χ2n) is 10.2. The molecule has 0 radical (unpaired) electrons. The number of rotatable bonds is 7. The van der Waals surface area contributed by atoms with Crippen LogP contribution in [-0.2, 0) is 10.5 Å². The van der Waals surface area contributed by atoms with Crippen molar-refractivity contribution in [1.29, 1.82) is 5.26 Å². The van der Waals surface area contributed by atoms with Crippen LogP contribution in [0.3, 0.4) is 0 Å². The Morgan fingerprint density at radius 1 is 1.20 bits per heavy atom. The maximum Gasteiger partial charge on any atom is 0.171 e. The molecule has 4 heterocycles. The van der Waals surface area contributed by atoms with Crippen LogP contribution >= 0.6 is 11.8 Å². The highest BCUT2D eigenvalue weighted by Crippen LogP contribution is 2.40. The number of fused-ring (bicyclic) bond motifs is 1. The molecule has 0 spiro atoms. The summed E-state index contributed by atoms with van der Waals surface area (Å²) in [6.45, 7) is 1.91. The molecular weight excluding hydrogens is 528 g/mol. The molecule has 10 nitrogen and oxygen atoms in total. The number of anilines is 1. The Bertz CT molecular complexity index is 1590. The van der Waals surface area contributed by atoms with Crippen molar-refractivity contribution < 1.29 is 19.5 Å². The van der Waals surface area contributed by atoms with E-state index >= 15 is 0 Å². The first kappa shape index (κ1) is 26.5. The van der Waals surface area contributed by atoms with E-state index in [1.165, 1.54) is 6.33 Å². The summed E-state index contributed by atoms with van der Waals surface area (Å²) >= 11 is 1.58. The van der Waals surface area contributed by atoms with Gasteiger partial charge in [0.1, 0.15) is 30.0 Å². The predicted molar refractivity (Wildman–Crippen MR) is 152 cm³/mol. The van der Waals surface area contributed by atoms with E-state index in [0.717, 1.165) is 46.6 Å². The molecule has 1 unspecified atom stereocenters. The number of aliphatic hydroxyl groups excluding tert-OH is 2. The molecule has 1 aliphatic heterocycles. The molecule has 5 atom stereocenters. The molecule has 4 aromatic rings. The minimum Gasteiger partial charge on any atom is -0.387 e. The molecule has 0 bridgehead atoms. The second kappa shape index (κ2) is 11.1. The number of aromatic nitrogens is 4. The summed E-state index contributed by atoms with van der Waals surface area (Å²) in [4.78, 5) is 8.65. The molecule has 1 fully saturated rings. The molecule has 2 aliphatic rings. The van der Waals surface area contributed by atoms with E-state index in [2.05, 4.69) is 27.3 Å². The van der Waals surface area contributed by atoms with Gasteiger partial charge in [0.05, 0.1) is 29.2 Å². The number of nitrogens with two attached hydrogens (primary N) is 1. The van der Waals surface area contributed by atoms with Crippen molar-refractivity contribution in [1.82, 2.24) is 19.7 Å². The molecular formula is C29H30N6O4S. The van der Waals surface area contributed by atoms with Crippen LogP contribution in [0.4, 0.5) is 5.82 Å². The number of benzene rings is 1. The molecule has 4 N–H and O–H groups in total. The van der Waals surface area contributed by atoms with Gasteiger partial charge >= 0.3 is 0 Å². The fourth-order valence-electron chi connectivity index (χ4n) is 5.49. The van der Waals surface area contributed by atoms with Crippen LogP contribution in [0.2, 0.25) is 0 Å². The van der Waals surface area contributed by atoms with Crippen LogP contribution in [0.15, 0.2) is 53.5 Å². The minimum atomic E-state index is -1.16. The van der Waals surface area contributed by atoms with Gasteiger partial charge in [0.15, 0.2) is 12.0 Å². The third-order valence-corrected chi connectivity index (χ3v) is 8.80. The van der Waals surface area contributed by atoms with E-state index in [1.807, 2.05) is 43.5 Å². The summed E-state index contributed by atoms with van der Waals surface area (Å²) in [7, 11) is 0. The van der Waals surface area contributed by atoms with Gasteiger partial charge in [-0.3, -0.25) is 0 Å². The van der Waals surface area contributed by atoms with Gasteiger partial charge in [0.25, 0.3) is 0 Å². The van der Waals surface area contributed by atoms with Crippen LogP contribution in [0.1, 0.15) is 42.3 Å². The first-order chi connectivity index (χ1) is 19.5. The molecule has 0 saturated carbocycles. The number of hydrogen-bond acceptors (Lipinski definition) is 10. The van der Waals surface area contributed by atoms with Gasteiger partial charge in [-0.1, -0.05) is 41.6 Å². The van der Waals surface area contributed by atoms with E-state index in [1.54, 1.807) is 16.3 Å². The van der Waals surface area contributed by atoms with Crippen LogP contribution in [0.25, 0.3) is 27.9 Å². The molecule has 40 heavy (non-hydrogen) atoms. The lowest BCUT2D eigenvalue weighted by molar-refractivity contribution is -0.0285. The van der Waals surface area contributed by atoms with Gasteiger partial charge in [0.2, 0.25) is 0 Å². The van der Waals surface area contributed by atoms with Crippen molar-refractivity contribution in [3.63, 3.8) is 0 Å². The Labute approximate surface area is 235 Å². The maximum atomic E-state index is 11.1. The monoisotopic (exact) mass is 558 g/mol. The van der Waals surface area contributed by atoms with Crippen LogP contribution < -0.4 is 5.73 Å². The highest BCUT2D eigenvalue weighted by molar-refractivity contribution is 7.98. The molecule has 6 rings (SSSR count). The number of nitrogens with zero attached hydrogens (tertiary/aromatic N) is 5. The highest BCUT2D eigenvalue weighted by Gasteiger charge is 2.44. The first-order valence-corrected chi connectivity index (χ1v) is 14.4. The molecule has 1 aromatic carbocycles. The minimum absolute atomic E-state index is 0.00415. The van der Waals surface area contributed by atoms with Crippen LogP contribution in [-0.4, -0.2) is 54.0 Å². The van der Waals surface area contributed by atoms with Crippen molar-refractivity contribution in [2.45, 2.75) is 56.5 Å².